The maximum absolute atomic E-state index is 13.2. The molecular weight excluding hydrogens is 538 g/mol. The first-order valence-corrected chi connectivity index (χ1v) is 16.5. The van der Waals surface area contributed by atoms with Crippen LogP contribution in [0.4, 0.5) is 0 Å². The molecule has 1 aliphatic carbocycles. The third-order valence-corrected chi connectivity index (χ3v) is 10.3. The van der Waals surface area contributed by atoms with Crippen molar-refractivity contribution in [1.29, 1.82) is 0 Å². The maximum Gasteiger partial charge on any atom is 0.237 e. The predicted octanol–water partition coefficient (Wildman–Crippen LogP) is -0.557. The van der Waals surface area contributed by atoms with Crippen molar-refractivity contribution in [2.45, 2.75) is 102 Å². The Kier molecular flexibility index (Phi) is 11.9. The molecule has 9 unspecified atom stereocenters. The molecule has 1 amide bonds. The lowest BCUT2D eigenvalue weighted by atomic mass is 9.68. The van der Waals surface area contributed by atoms with Crippen LogP contribution in [0.5, 0.6) is 0 Å². The van der Waals surface area contributed by atoms with Gasteiger partial charge in [0.05, 0.1) is 63.1 Å². The minimum Gasteiger partial charge on any atom is -0.390 e. The summed E-state index contributed by atoms with van der Waals surface area (Å²) in [7, 11) is 2.06. The summed E-state index contributed by atoms with van der Waals surface area (Å²) < 4.78 is 17.5. The Hall–Kier alpha value is -0.930. The molecule has 0 aromatic carbocycles. The highest BCUT2D eigenvalue weighted by Gasteiger charge is 2.41. The van der Waals surface area contributed by atoms with Gasteiger partial charge in [-0.1, -0.05) is 13.8 Å². The molecule has 4 aliphatic heterocycles. The molecule has 10 atom stereocenters. The Morgan fingerprint density at radius 3 is 2.76 bits per heavy atom. The summed E-state index contributed by atoms with van der Waals surface area (Å²) in [6.07, 6.45) is 4.84. The summed E-state index contributed by atoms with van der Waals surface area (Å²) in [5, 5.41) is 27.9. The second kappa shape index (κ2) is 15.4. The second-order valence-electron chi connectivity index (χ2n) is 13.5. The fourth-order valence-corrected chi connectivity index (χ4v) is 7.57. The quantitative estimate of drug-likeness (QED) is 0.164. The van der Waals surface area contributed by atoms with Gasteiger partial charge in [0.15, 0.2) is 0 Å². The second-order valence-corrected chi connectivity index (χ2v) is 13.5. The van der Waals surface area contributed by atoms with Crippen molar-refractivity contribution in [3.05, 3.63) is 0 Å². The number of ether oxygens (including phenoxy) is 3. The zero-order valence-corrected chi connectivity index (χ0v) is 26.2. The SMILES string of the molecule is CCCN(C)C1NC(NC2COC2)CC(C(=O)NC[C@H](O)CN2CCC3C(CCC(OCC4OCNC4C)C3C)C2)N1. The van der Waals surface area contributed by atoms with Crippen LogP contribution in [0.1, 0.15) is 52.9 Å². The number of hydrogen-bond donors (Lipinski definition) is 6. The van der Waals surface area contributed by atoms with Crippen molar-refractivity contribution < 1.29 is 24.1 Å². The van der Waals surface area contributed by atoms with Gasteiger partial charge in [-0.25, -0.2) is 0 Å². The number of carbonyl (C=O) groups is 1. The largest absolute Gasteiger partial charge is 0.390 e. The number of carbonyl (C=O) groups excluding carboxylic acids is 1. The van der Waals surface area contributed by atoms with Gasteiger partial charge in [-0.05, 0) is 64.0 Å². The van der Waals surface area contributed by atoms with Crippen LogP contribution in [0, 0.1) is 17.8 Å². The van der Waals surface area contributed by atoms with E-state index in [1.54, 1.807) is 0 Å². The molecule has 0 radical (unpaired) electrons. The van der Waals surface area contributed by atoms with Gasteiger partial charge in [0.1, 0.15) is 6.29 Å². The number of likely N-dealkylation sites (tertiary alicyclic amines) is 1. The molecule has 0 bridgehead atoms. The van der Waals surface area contributed by atoms with Crippen LogP contribution in [-0.2, 0) is 19.0 Å². The lowest BCUT2D eigenvalue weighted by Gasteiger charge is -2.47. The summed E-state index contributed by atoms with van der Waals surface area (Å²) in [5.74, 6) is 1.78. The van der Waals surface area contributed by atoms with Gasteiger partial charge in [-0.2, -0.15) is 0 Å². The third-order valence-electron chi connectivity index (χ3n) is 10.3. The van der Waals surface area contributed by atoms with Crippen molar-refractivity contribution >= 4 is 5.91 Å². The minimum absolute atomic E-state index is 0.0194. The average molecular weight is 596 g/mol. The number of hydrogen-bond acceptors (Lipinski definition) is 11. The summed E-state index contributed by atoms with van der Waals surface area (Å²) in [6, 6.07) is 0.333. The fraction of sp³-hybridized carbons (Fsp3) is 0.967. The molecule has 4 saturated heterocycles. The number of nitrogens with zero attached hydrogens (tertiary/aromatic N) is 2. The smallest absolute Gasteiger partial charge is 0.237 e. The molecule has 5 rings (SSSR count). The minimum atomic E-state index is -0.592. The van der Waals surface area contributed by atoms with Crippen LogP contribution in [0.15, 0.2) is 0 Å². The lowest BCUT2D eigenvalue weighted by molar-refractivity contribution is -0.126. The highest BCUT2D eigenvalue weighted by Crippen LogP contribution is 2.41. The van der Waals surface area contributed by atoms with Crippen LogP contribution < -0.4 is 26.6 Å². The van der Waals surface area contributed by atoms with Gasteiger partial charge in [0, 0.05) is 38.6 Å². The first kappa shape index (κ1) is 32.5. The van der Waals surface area contributed by atoms with E-state index in [9.17, 15) is 9.90 Å². The number of rotatable bonds is 13. The maximum atomic E-state index is 13.2. The van der Waals surface area contributed by atoms with E-state index in [-0.39, 0.29) is 37.1 Å². The number of aliphatic hydroxyl groups excluding tert-OH is 1. The summed E-state index contributed by atoms with van der Waals surface area (Å²) >= 11 is 0. The number of amides is 1. The molecule has 4 heterocycles. The van der Waals surface area contributed by atoms with Gasteiger partial charge in [-0.3, -0.25) is 31.0 Å². The van der Waals surface area contributed by atoms with Gasteiger partial charge in [0.2, 0.25) is 5.91 Å². The number of piperidine rings is 1. The van der Waals surface area contributed by atoms with Crippen molar-refractivity contribution in [2.24, 2.45) is 17.8 Å². The van der Waals surface area contributed by atoms with Crippen molar-refractivity contribution in [3.63, 3.8) is 0 Å². The van der Waals surface area contributed by atoms with Crippen LogP contribution in [0.2, 0.25) is 0 Å². The average Bonchev–Trinajstić information content (AvgIpc) is 3.37. The Labute approximate surface area is 252 Å². The van der Waals surface area contributed by atoms with E-state index in [1.807, 2.05) is 0 Å². The Bertz CT molecular complexity index is 853. The molecule has 5 fully saturated rings. The summed E-state index contributed by atoms with van der Waals surface area (Å²) in [6.45, 7) is 13.2. The molecule has 0 aromatic heterocycles. The molecule has 5 aliphatic rings. The topological polar surface area (TPSA) is 132 Å². The predicted molar refractivity (Wildman–Crippen MR) is 160 cm³/mol. The van der Waals surface area contributed by atoms with Crippen molar-refractivity contribution in [2.75, 3.05) is 66.3 Å². The van der Waals surface area contributed by atoms with Crippen LogP contribution in [-0.4, -0.2) is 136 Å². The molecule has 242 valence electrons. The van der Waals surface area contributed by atoms with Gasteiger partial charge < -0.3 is 29.5 Å². The van der Waals surface area contributed by atoms with Crippen LogP contribution >= 0.6 is 0 Å². The standard InChI is InChI=1S/C30H57N7O5/c1-5-9-36(4)30-34-25(11-28(35-30)33-22-15-40-16-22)29(39)31-12-23(38)14-37-10-8-24-19(2)26(7-6-21(24)13-37)41-17-27-20(3)32-18-42-27/h19-28,30,32-35,38H,5-18H2,1-4H3,(H,31,39)/t19?,20?,21?,23-,24?,25?,26?,27?,28?,30?/m0/s1. The molecule has 12 nitrogen and oxygen atoms in total. The van der Waals surface area contributed by atoms with E-state index in [0.717, 1.165) is 38.9 Å². The lowest BCUT2D eigenvalue weighted by Crippen LogP contribution is -2.71. The third kappa shape index (κ3) is 8.41. The molecule has 42 heavy (non-hydrogen) atoms. The zero-order chi connectivity index (χ0) is 29.6. The van der Waals surface area contributed by atoms with E-state index < -0.39 is 6.10 Å². The normalized spacial score (nSPS) is 38.7. The van der Waals surface area contributed by atoms with Gasteiger partial charge >= 0.3 is 0 Å². The van der Waals surface area contributed by atoms with Crippen molar-refractivity contribution in [3.8, 4) is 0 Å². The van der Waals surface area contributed by atoms with Gasteiger partial charge in [0.25, 0.3) is 0 Å². The Morgan fingerprint density at radius 1 is 1.21 bits per heavy atom. The van der Waals surface area contributed by atoms with Crippen LogP contribution in [0.25, 0.3) is 0 Å². The molecule has 6 N–H and O–H groups in total. The van der Waals surface area contributed by atoms with E-state index in [2.05, 4.69) is 64.2 Å². The number of aliphatic hydroxyl groups is 1. The molecule has 12 heteroatoms. The Balaban J connectivity index is 1.03. The van der Waals surface area contributed by atoms with E-state index >= 15 is 0 Å². The Morgan fingerprint density at radius 2 is 2.05 bits per heavy atom. The zero-order valence-electron chi connectivity index (χ0n) is 26.2. The molecule has 0 aromatic rings. The van der Waals surface area contributed by atoms with E-state index in [1.165, 1.54) is 6.42 Å². The first-order chi connectivity index (χ1) is 20.3. The van der Waals surface area contributed by atoms with Crippen molar-refractivity contribution in [1.82, 2.24) is 36.4 Å². The summed E-state index contributed by atoms with van der Waals surface area (Å²) in [4.78, 5) is 17.8. The molecular formula is C30H57N7O5. The highest BCUT2D eigenvalue weighted by atomic mass is 16.6. The first-order valence-electron chi connectivity index (χ1n) is 16.5. The van der Waals surface area contributed by atoms with Gasteiger partial charge in [-0.15, -0.1) is 0 Å². The number of fused-ring (bicyclic) bond motifs is 1. The van der Waals surface area contributed by atoms with E-state index in [4.69, 9.17) is 14.2 Å². The number of β-amino-alcohol motifs (C(OH)–C–C–N with tert-alkyl or cyclic N) is 1. The highest BCUT2D eigenvalue weighted by molar-refractivity contribution is 5.82. The molecule has 1 saturated carbocycles. The monoisotopic (exact) mass is 595 g/mol. The van der Waals surface area contributed by atoms with Crippen LogP contribution in [0.3, 0.4) is 0 Å². The fourth-order valence-electron chi connectivity index (χ4n) is 7.57. The van der Waals surface area contributed by atoms with E-state index in [0.29, 0.717) is 75.5 Å². The number of nitrogens with one attached hydrogen (secondary N) is 5. The molecule has 0 spiro atoms. The summed E-state index contributed by atoms with van der Waals surface area (Å²) in [5.41, 5.74) is 0.